The number of carboxylic acid groups (broad SMARTS) is 2. The molecule has 0 atom stereocenters. The number of carbonyl (C=O) groups is 4. The molecule has 0 aliphatic carbocycles. The van der Waals surface area contributed by atoms with Gasteiger partial charge in [-0.1, -0.05) is 19.9 Å². The lowest BCUT2D eigenvalue weighted by atomic mass is 9.87. The second-order valence-electron chi connectivity index (χ2n) is 8.94. The molecule has 0 bridgehead atoms. The van der Waals surface area contributed by atoms with Gasteiger partial charge in [0, 0.05) is 23.5 Å². The number of nitrogens with one attached hydrogen (secondary N) is 2. The fraction of sp³-hybridized carbons (Fsp3) is 0.231. The Bertz CT molecular complexity index is 1390. The average Bonchev–Trinajstić information content (AvgIpc) is 3.31. The van der Waals surface area contributed by atoms with Gasteiger partial charge < -0.3 is 31.3 Å². The van der Waals surface area contributed by atoms with Gasteiger partial charge in [0.25, 0.3) is 0 Å². The molecule has 0 spiro atoms. The standard InChI is InChI=1S/C26H26FN3O7S/c1-26(2,25(36)30-19-10-15(22(31)32)4-6-17(19)23(33)34)11-16-5-8-21(38-16)24(35)37-20-7-3-14(9-18(20)27)12-29-13-28/h3-10,29H,11-13,28H2,1-2H3,(H,30,36)(H,31,32)(H,33,34). The van der Waals surface area contributed by atoms with Crippen molar-refractivity contribution in [1.82, 2.24) is 5.32 Å². The van der Waals surface area contributed by atoms with Crippen LogP contribution in [0.25, 0.3) is 0 Å². The third kappa shape index (κ3) is 7.00. The topological polar surface area (TPSA) is 168 Å². The number of anilines is 1. The van der Waals surface area contributed by atoms with Crippen LogP contribution in [0.15, 0.2) is 48.5 Å². The van der Waals surface area contributed by atoms with Gasteiger partial charge in [0.2, 0.25) is 5.91 Å². The number of carbonyl (C=O) groups excluding carboxylic acids is 2. The van der Waals surface area contributed by atoms with Gasteiger partial charge in [-0.05, 0) is 54.4 Å². The predicted molar refractivity (Wildman–Crippen MR) is 138 cm³/mol. The Morgan fingerprint density at radius 3 is 2.39 bits per heavy atom. The van der Waals surface area contributed by atoms with Gasteiger partial charge in [0.15, 0.2) is 11.6 Å². The van der Waals surface area contributed by atoms with Crippen LogP contribution in [0.2, 0.25) is 0 Å². The van der Waals surface area contributed by atoms with Gasteiger partial charge in [-0.25, -0.2) is 18.8 Å². The van der Waals surface area contributed by atoms with E-state index in [0.717, 1.165) is 29.5 Å². The second kappa shape index (κ2) is 11.9. The Balaban J connectivity index is 1.69. The van der Waals surface area contributed by atoms with Crippen molar-refractivity contribution >= 4 is 40.8 Å². The molecular formula is C26H26FN3O7S. The van der Waals surface area contributed by atoms with Crippen LogP contribution in [0.3, 0.4) is 0 Å². The van der Waals surface area contributed by atoms with E-state index in [1.807, 2.05) is 0 Å². The van der Waals surface area contributed by atoms with E-state index in [0.29, 0.717) is 17.0 Å². The van der Waals surface area contributed by atoms with Crippen LogP contribution in [0.1, 0.15) is 54.7 Å². The van der Waals surface area contributed by atoms with E-state index < -0.39 is 35.0 Å². The molecule has 200 valence electrons. The number of hydrogen-bond acceptors (Lipinski definition) is 8. The van der Waals surface area contributed by atoms with Crippen molar-refractivity contribution in [3.8, 4) is 5.75 Å². The zero-order valence-electron chi connectivity index (χ0n) is 20.5. The summed E-state index contributed by atoms with van der Waals surface area (Å²) < 4.78 is 19.5. The quantitative estimate of drug-likeness (QED) is 0.137. The summed E-state index contributed by atoms with van der Waals surface area (Å²) in [5.74, 6) is -4.82. The minimum absolute atomic E-state index is 0.141. The number of ether oxygens (including phenoxy) is 1. The summed E-state index contributed by atoms with van der Waals surface area (Å²) in [7, 11) is 0. The molecule has 3 rings (SSSR count). The molecule has 0 aliphatic rings. The summed E-state index contributed by atoms with van der Waals surface area (Å²) >= 11 is 1.07. The minimum Gasteiger partial charge on any atom is -0.478 e. The molecule has 12 heteroatoms. The lowest BCUT2D eigenvalue weighted by Crippen LogP contribution is -2.33. The normalized spacial score (nSPS) is 11.2. The lowest BCUT2D eigenvalue weighted by Gasteiger charge is -2.23. The maximum Gasteiger partial charge on any atom is 0.353 e. The van der Waals surface area contributed by atoms with Crippen LogP contribution >= 0.6 is 11.3 Å². The van der Waals surface area contributed by atoms with E-state index in [-0.39, 0.29) is 40.5 Å². The van der Waals surface area contributed by atoms with Crippen molar-refractivity contribution in [3.05, 3.63) is 80.8 Å². The highest BCUT2D eigenvalue weighted by atomic mass is 32.1. The molecule has 0 unspecified atom stereocenters. The number of amides is 1. The zero-order valence-corrected chi connectivity index (χ0v) is 21.4. The summed E-state index contributed by atoms with van der Waals surface area (Å²) in [6, 6.07) is 10.7. The molecule has 10 nitrogen and oxygen atoms in total. The fourth-order valence-electron chi connectivity index (χ4n) is 3.46. The van der Waals surface area contributed by atoms with Crippen molar-refractivity contribution in [2.45, 2.75) is 26.8 Å². The summed E-state index contributed by atoms with van der Waals surface area (Å²) in [6.45, 7) is 3.84. The summed E-state index contributed by atoms with van der Waals surface area (Å²) in [5, 5.41) is 24.0. The van der Waals surface area contributed by atoms with E-state index in [1.165, 1.54) is 18.2 Å². The summed E-state index contributed by atoms with van der Waals surface area (Å²) in [5.41, 5.74) is 4.36. The van der Waals surface area contributed by atoms with Crippen LogP contribution in [-0.4, -0.2) is 40.7 Å². The molecular weight excluding hydrogens is 517 g/mol. The zero-order chi connectivity index (χ0) is 28.0. The van der Waals surface area contributed by atoms with Crippen LogP contribution in [0.4, 0.5) is 10.1 Å². The van der Waals surface area contributed by atoms with E-state index in [4.69, 9.17) is 10.5 Å². The Kier molecular flexibility index (Phi) is 8.94. The third-order valence-electron chi connectivity index (χ3n) is 5.51. The Labute approximate surface area is 221 Å². The number of esters is 1. The molecule has 0 aliphatic heterocycles. The largest absolute Gasteiger partial charge is 0.478 e. The number of hydrogen-bond donors (Lipinski definition) is 5. The number of rotatable bonds is 11. The molecule has 0 saturated heterocycles. The minimum atomic E-state index is -1.32. The lowest BCUT2D eigenvalue weighted by molar-refractivity contribution is -0.123. The second-order valence-corrected chi connectivity index (χ2v) is 10.1. The molecule has 2 aromatic carbocycles. The van der Waals surface area contributed by atoms with Crippen LogP contribution < -0.4 is 21.1 Å². The van der Waals surface area contributed by atoms with Crippen molar-refractivity contribution < 1.29 is 38.5 Å². The van der Waals surface area contributed by atoms with Crippen molar-refractivity contribution in [2.75, 3.05) is 12.0 Å². The Hall–Kier alpha value is -4.13. The first-order valence-corrected chi connectivity index (χ1v) is 12.1. The van der Waals surface area contributed by atoms with Crippen LogP contribution in [-0.2, 0) is 17.8 Å². The first-order valence-electron chi connectivity index (χ1n) is 11.3. The Morgan fingerprint density at radius 2 is 1.76 bits per heavy atom. The Morgan fingerprint density at radius 1 is 1.03 bits per heavy atom. The molecule has 0 fully saturated rings. The molecule has 1 aromatic heterocycles. The van der Waals surface area contributed by atoms with E-state index in [2.05, 4.69) is 10.6 Å². The highest BCUT2D eigenvalue weighted by Crippen LogP contribution is 2.30. The average molecular weight is 544 g/mol. The first-order chi connectivity index (χ1) is 17.9. The number of aromatic carboxylic acids is 2. The van der Waals surface area contributed by atoms with Gasteiger partial charge in [0.05, 0.1) is 16.8 Å². The maximum atomic E-state index is 14.3. The van der Waals surface area contributed by atoms with Crippen LogP contribution in [0, 0.1) is 11.2 Å². The number of carboxylic acids is 2. The predicted octanol–water partition coefficient (Wildman–Crippen LogP) is 3.72. The molecule has 38 heavy (non-hydrogen) atoms. The first kappa shape index (κ1) is 28.4. The smallest absolute Gasteiger partial charge is 0.353 e. The number of benzene rings is 2. The number of thiophene rings is 1. The van der Waals surface area contributed by atoms with Gasteiger partial charge >= 0.3 is 17.9 Å². The van der Waals surface area contributed by atoms with Gasteiger partial charge in [-0.15, -0.1) is 11.3 Å². The van der Waals surface area contributed by atoms with Crippen LogP contribution in [0.5, 0.6) is 5.75 Å². The van der Waals surface area contributed by atoms with E-state index in [9.17, 15) is 33.8 Å². The van der Waals surface area contributed by atoms with Crippen molar-refractivity contribution in [3.63, 3.8) is 0 Å². The molecule has 6 N–H and O–H groups in total. The summed E-state index contributed by atoms with van der Waals surface area (Å²) in [6.07, 6.45) is 0.176. The maximum absolute atomic E-state index is 14.3. The van der Waals surface area contributed by atoms with Gasteiger partial charge in [0.1, 0.15) is 4.88 Å². The van der Waals surface area contributed by atoms with Gasteiger partial charge in [-0.3, -0.25) is 4.79 Å². The highest BCUT2D eigenvalue weighted by Gasteiger charge is 2.30. The number of halogens is 1. The molecule has 1 amide bonds. The molecule has 0 saturated carbocycles. The van der Waals surface area contributed by atoms with E-state index in [1.54, 1.807) is 26.0 Å². The SMILES string of the molecule is CC(C)(Cc1ccc(C(=O)Oc2ccc(CNCN)cc2F)s1)C(=O)Nc1cc(C(=O)O)ccc1C(=O)O. The molecule has 0 radical (unpaired) electrons. The van der Waals surface area contributed by atoms with E-state index >= 15 is 0 Å². The summed E-state index contributed by atoms with van der Waals surface area (Å²) in [4.78, 5) is 49.3. The number of nitrogens with two attached hydrogens (primary N) is 1. The van der Waals surface area contributed by atoms with Crippen molar-refractivity contribution in [2.24, 2.45) is 11.1 Å². The fourth-order valence-corrected chi connectivity index (χ4v) is 4.57. The van der Waals surface area contributed by atoms with Gasteiger partial charge in [-0.2, -0.15) is 0 Å². The highest BCUT2D eigenvalue weighted by molar-refractivity contribution is 7.14. The molecule has 1 heterocycles. The monoisotopic (exact) mass is 543 g/mol. The third-order valence-corrected chi connectivity index (χ3v) is 6.58. The van der Waals surface area contributed by atoms with Crippen molar-refractivity contribution in [1.29, 1.82) is 0 Å². The molecule has 3 aromatic rings.